The number of rotatable bonds is 4. The summed E-state index contributed by atoms with van der Waals surface area (Å²) >= 11 is 1.70. The van der Waals surface area contributed by atoms with E-state index in [-0.39, 0.29) is 6.04 Å². The summed E-state index contributed by atoms with van der Waals surface area (Å²) < 4.78 is 0. The van der Waals surface area contributed by atoms with Crippen LogP contribution in [0.25, 0.3) is 10.8 Å². The Kier molecular flexibility index (Phi) is 3.58. The fourth-order valence-corrected chi connectivity index (χ4v) is 3.05. The molecule has 1 atom stereocenters. The molecule has 0 radical (unpaired) electrons. The van der Waals surface area contributed by atoms with Crippen molar-refractivity contribution < 1.29 is 0 Å². The van der Waals surface area contributed by atoms with Gasteiger partial charge in [-0.05, 0) is 28.9 Å². The number of hydrogen-bond acceptors (Lipinski definition) is 3. The molecule has 0 saturated heterocycles. The molecule has 1 heterocycles. The van der Waals surface area contributed by atoms with E-state index in [1.165, 1.54) is 16.3 Å². The van der Waals surface area contributed by atoms with Crippen LogP contribution in [0.2, 0.25) is 0 Å². The topological polar surface area (TPSA) is 24.9 Å². The molecule has 0 spiro atoms. The van der Waals surface area contributed by atoms with Crippen LogP contribution in [0.1, 0.15) is 23.5 Å². The van der Waals surface area contributed by atoms with E-state index in [0.29, 0.717) is 0 Å². The first-order valence-corrected chi connectivity index (χ1v) is 7.38. The van der Waals surface area contributed by atoms with Crippen LogP contribution >= 0.6 is 11.3 Å². The maximum absolute atomic E-state index is 4.45. The summed E-state index contributed by atoms with van der Waals surface area (Å²) in [6.45, 7) is 3.05. The molecular weight excluding hydrogens is 252 g/mol. The van der Waals surface area contributed by atoms with E-state index in [1.807, 2.05) is 11.6 Å². The molecule has 0 saturated carbocycles. The largest absolute Gasteiger partial charge is 0.305 e. The van der Waals surface area contributed by atoms with Crippen molar-refractivity contribution in [2.75, 3.05) is 6.54 Å². The maximum atomic E-state index is 4.45. The van der Waals surface area contributed by atoms with E-state index in [4.69, 9.17) is 0 Å². The smallest absolute Gasteiger partial charge is 0.114 e. The van der Waals surface area contributed by atoms with Gasteiger partial charge in [-0.2, -0.15) is 0 Å². The van der Waals surface area contributed by atoms with Crippen molar-refractivity contribution in [2.24, 2.45) is 0 Å². The molecule has 96 valence electrons. The number of nitrogens with one attached hydrogen (secondary N) is 1. The summed E-state index contributed by atoms with van der Waals surface area (Å²) in [6, 6.07) is 15.3. The number of thiazole rings is 1. The highest BCUT2D eigenvalue weighted by Gasteiger charge is 2.15. The predicted molar refractivity (Wildman–Crippen MR) is 81.6 cm³/mol. The van der Waals surface area contributed by atoms with Gasteiger partial charge in [0.2, 0.25) is 0 Å². The molecule has 3 heteroatoms. The SMILES string of the molecule is CCNC(c1ccc2ccccc2c1)c1nccs1. The molecule has 1 N–H and O–H groups in total. The molecule has 0 amide bonds. The van der Waals surface area contributed by atoms with Crippen molar-refractivity contribution in [1.82, 2.24) is 10.3 Å². The third-order valence-corrected chi connectivity index (χ3v) is 4.05. The summed E-state index contributed by atoms with van der Waals surface area (Å²) in [7, 11) is 0. The average Bonchev–Trinajstić information content (AvgIpc) is 2.98. The Hall–Kier alpha value is -1.71. The van der Waals surface area contributed by atoms with Crippen LogP contribution in [0, 0.1) is 0 Å². The van der Waals surface area contributed by atoms with Crippen LogP contribution in [0.4, 0.5) is 0 Å². The van der Waals surface area contributed by atoms with Gasteiger partial charge in [0, 0.05) is 11.6 Å². The standard InChI is InChI=1S/C16H16N2S/c1-2-17-15(16-18-9-10-19-16)14-8-7-12-5-3-4-6-13(12)11-14/h3-11,15,17H,2H2,1H3. The van der Waals surface area contributed by atoms with Crippen LogP contribution in [-0.4, -0.2) is 11.5 Å². The minimum Gasteiger partial charge on any atom is -0.305 e. The molecule has 0 aliphatic rings. The fourth-order valence-electron chi connectivity index (χ4n) is 2.32. The van der Waals surface area contributed by atoms with Gasteiger partial charge in [0.15, 0.2) is 0 Å². The van der Waals surface area contributed by atoms with Crippen molar-refractivity contribution in [3.05, 3.63) is 64.6 Å². The monoisotopic (exact) mass is 268 g/mol. The maximum Gasteiger partial charge on any atom is 0.114 e. The van der Waals surface area contributed by atoms with Gasteiger partial charge in [0.1, 0.15) is 5.01 Å². The lowest BCUT2D eigenvalue weighted by molar-refractivity contribution is 0.628. The third kappa shape index (κ3) is 2.53. The van der Waals surface area contributed by atoms with Gasteiger partial charge in [0.25, 0.3) is 0 Å². The van der Waals surface area contributed by atoms with Crippen molar-refractivity contribution >= 4 is 22.1 Å². The predicted octanol–water partition coefficient (Wildman–Crippen LogP) is 4.00. The second-order valence-corrected chi connectivity index (χ2v) is 5.39. The van der Waals surface area contributed by atoms with Crippen molar-refractivity contribution in [1.29, 1.82) is 0 Å². The zero-order valence-electron chi connectivity index (χ0n) is 10.8. The highest BCUT2D eigenvalue weighted by Crippen LogP contribution is 2.26. The van der Waals surface area contributed by atoms with Gasteiger partial charge < -0.3 is 5.32 Å². The van der Waals surface area contributed by atoms with Gasteiger partial charge in [-0.25, -0.2) is 4.98 Å². The van der Waals surface area contributed by atoms with Gasteiger partial charge in [-0.3, -0.25) is 0 Å². The molecule has 3 aromatic rings. The van der Waals surface area contributed by atoms with Crippen LogP contribution in [-0.2, 0) is 0 Å². The molecular formula is C16H16N2S. The van der Waals surface area contributed by atoms with Crippen molar-refractivity contribution in [3.63, 3.8) is 0 Å². The lowest BCUT2D eigenvalue weighted by Crippen LogP contribution is -2.21. The molecule has 0 aliphatic heterocycles. The van der Waals surface area contributed by atoms with E-state index < -0.39 is 0 Å². The molecule has 2 nitrogen and oxygen atoms in total. The van der Waals surface area contributed by atoms with Crippen molar-refractivity contribution in [2.45, 2.75) is 13.0 Å². The molecule has 0 fully saturated rings. The molecule has 0 aliphatic carbocycles. The number of nitrogens with zero attached hydrogens (tertiary/aromatic N) is 1. The lowest BCUT2D eigenvalue weighted by atomic mass is 10.0. The van der Waals surface area contributed by atoms with Crippen LogP contribution < -0.4 is 5.32 Å². The van der Waals surface area contributed by atoms with Crippen LogP contribution in [0.3, 0.4) is 0 Å². The molecule has 19 heavy (non-hydrogen) atoms. The van der Waals surface area contributed by atoms with E-state index in [2.05, 4.69) is 59.7 Å². The number of fused-ring (bicyclic) bond motifs is 1. The molecule has 0 bridgehead atoms. The van der Waals surface area contributed by atoms with E-state index >= 15 is 0 Å². The summed E-state index contributed by atoms with van der Waals surface area (Å²) in [5.41, 5.74) is 1.27. The van der Waals surface area contributed by atoms with Crippen LogP contribution in [0.15, 0.2) is 54.0 Å². The second-order valence-electron chi connectivity index (χ2n) is 4.47. The first-order valence-electron chi connectivity index (χ1n) is 6.50. The van der Waals surface area contributed by atoms with Gasteiger partial charge in [0.05, 0.1) is 6.04 Å². The summed E-state index contributed by atoms with van der Waals surface area (Å²) in [6.07, 6.45) is 1.87. The van der Waals surface area contributed by atoms with E-state index in [9.17, 15) is 0 Å². The quantitative estimate of drug-likeness (QED) is 0.773. The summed E-state index contributed by atoms with van der Waals surface area (Å²) in [4.78, 5) is 4.45. The van der Waals surface area contributed by atoms with E-state index in [0.717, 1.165) is 11.6 Å². The normalized spacial score (nSPS) is 12.7. The fraction of sp³-hybridized carbons (Fsp3) is 0.188. The number of aromatic nitrogens is 1. The summed E-state index contributed by atoms with van der Waals surface area (Å²) in [5.74, 6) is 0. The Bertz CT molecular complexity index is 661. The van der Waals surface area contributed by atoms with Gasteiger partial charge in [-0.15, -0.1) is 11.3 Å². The minimum atomic E-state index is 0.189. The number of hydrogen-bond donors (Lipinski definition) is 1. The summed E-state index contributed by atoms with van der Waals surface area (Å²) in [5, 5.41) is 9.22. The molecule has 1 unspecified atom stereocenters. The van der Waals surface area contributed by atoms with E-state index in [1.54, 1.807) is 11.3 Å². The second kappa shape index (κ2) is 5.51. The zero-order chi connectivity index (χ0) is 13.1. The Morgan fingerprint density at radius 1 is 1.16 bits per heavy atom. The average molecular weight is 268 g/mol. The molecule has 2 aromatic carbocycles. The lowest BCUT2D eigenvalue weighted by Gasteiger charge is -2.16. The first kappa shape index (κ1) is 12.3. The molecule has 1 aromatic heterocycles. The highest BCUT2D eigenvalue weighted by atomic mass is 32.1. The van der Waals surface area contributed by atoms with Gasteiger partial charge >= 0.3 is 0 Å². The van der Waals surface area contributed by atoms with Crippen molar-refractivity contribution in [3.8, 4) is 0 Å². The Morgan fingerprint density at radius 3 is 2.74 bits per heavy atom. The third-order valence-electron chi connectivity index (χ3n) is 3.21. The van der Waals surface area contributed by atoms with Gasteiger partial charge in [-0.1, -0.05) is 43.3 Å². The zero-order valence-corrected chi connectivity index (χ0v) is 11.7. The Labute approximate surface area is 117 Å². The number of benzene rings is 2. The minimum absolute atomic E-state index is 0.189. The Balaban J connectivity index is 2.05. The Morgan fingerprint density at radius 2 is 2.00 bits per heavy atom. The van der Waals surface area contributed by atoms with Crippen LogP contribution in [0.5, 0.6) is 0 Å². The first-order chi connectivity index (χ1) is 9.38. The molecule has 3 rings (SSSR count). The highest BCUT2D eigenvalue weighted by molar-refractivity contribution is 7.09.